The van der Waals surface area contributed by atoms with Gasteiger partial charge in [0.05, 0.1) is 12.6 Å². The van der Waals surface area contributed by atoms with E-state index in [1.54, 1.807) is 6.92 Å². The summed E-state index contributed by atoms with van der Waals surface area (Å²) in [4.78, 5) is 2.07. The van der Waals surface area contributed by atoms with Crippen molar-refractivity contribution in [3.63, 3.8) is 0 Å². The summed E-state index contributed by atoms with van der Waals surface area (Å²) in [6, 6.07) is 0.0670. The highest BCUT2D eigenvalue weighted by Crippen LogP contribution is 2.19. The molecule has 1 saturated heterocycles. The van der Waals surface area contributed by atoms with Crippen LogP contribution in [0.25, 0.3) is 0 Å². The second-order valence-corrected chi connectivity index (χ2v) is 4.45. The number of aliphatic hydroxyl groups is 1. The van der Waals surface area contributed by atoms with E-state index in [-0.39, 0.29) is 24.6 Å². The van der Waals surface area contributed by atoms with E-state index in [4.69, 9.17) is 0 Å². The zero-order chi connectivity index (χ0) is 11.4. The van der Waals surface area contributed by atoms with Crippen LogP contribution in [0.3, 0.4) is 0 Å². The second-order valence-electron chi connectivity index (χ2n) is 4.45. The topological polar surface area (TPSA) is 35.5 Å². The lowest BCUT2D eigenvalue weighted by Gasteiger charge is -2.37. The van der Waals surface area contributed by atoms with Crippen LogP contribution in [0.5, 0.6) is 0 Å². The van der Waals surface area contributed by atoms with Crippen LogP contribution in [0, 0.1) is 5.92 Å². The summed E-state index contributed by atoms with van der Waals surface area (Å²) in [6.07, 6.45) is -1.90. The number of nitrogens with zero attached hydrogens (tertiary/aromatic N) is 1. The van der Waals surface area contributed by atoms with Gasteiger partial charge in [-0.3, -0.25) is 0 Å². The molecule has 0 aliphatic carbocycles. The highest BCUT2D eigenvalue weighted by atomic mass is 19.3. The van der Waals surface area contributed by atoms with Gasteiger partial charge in [0.25, 0.3) is 6.43 Å². The minimum Gasteiger partial charge on any atom is -0.393 e. The molecule has 1 heterocycles. The van der Waals surface area contributed by atoms with Crippen LogP contribution < -0.4 is 5.32 Å². The summed E-state index contributed by atoms with van der Waals surface area (Å²) >= 11 is 0. The zero-order valence-electron chi connectivity index (χ0n) is 9.29. The van der Waals surface area contributed by atoms with Gasteiger partial charge in [0.1, 0.15) is 0 Å². The Kier molecular flexibility index (Phi) is 4.89. The molecule has 0 radical (unpaired) electrons. The highest BCUT2D eigenvalue weighted by molar-refractivity contribution is 4.84. The molecule has 3 unspecified atom stereocenters. The average Bonchev–Trinajstić information content (AvgIpc) is 2.13. The van der Waals surface area contributed by atoms with Crippen molar-refractivity contribution >= 4 is 0 Å². The molecule has 3 nitrogen and oxygen atoms in total. The van der Waals surface area contributed by atoms with E-state index in [9.17, 15) is 13.9 Å². The lowest BCUT2D eigenvalue weighted by atomic mass is 9.90. The number of hydrogen-bond acceptors (Lipinski definition) is 3. The fraction of sp³-hybridized carbons (Fsp3) is 1.00. The van der Waals surface area contributed by atoms with Crippen molar-refractivity contribution in [2.24, 2.45) is 5.92 Å². The van der Waals surface area contributed by atoms with Gasteiger partial charge >= 0.3 is 0 Å². The predicted molar refractivity (Wildman–Crippen MR) is 55.1 cm³/mol. The second kappa shape index (κ2) is 5.72. The maximum atomic E-state index is 12.0. The van der Waals surface area contributed by atoms with Gasteiger partial charge < -0.3 is 15.3 Å². The van der Waals surface area contributed by atoms with Gasteiger partial charge in [0.2, 0.25) is 0 Å². The SMILES string of the molecule is CC(O)C1CC(NCC(F)F)CN(C)C1. The summed E-state index contributed by atoms with van der Waals surface area (Å²) in [6.45, 7) is 3.11. The maximum Gasteiger partial charge on any atom is 0.250 e. The molecule has 0 amide bonds. The van der Waals surface area contributed by atoms with Crippen LogP contribution >= 0.6 is 0 Å². The molecule has 0 aromatic heterocycles. The molecule has 2 N–H and O–H groups in total. The zero-order valence-corrected chi connectivity index (χ0v) is 9.29. The molecular weight excluding hydrogens is 202 g/mol. The molecule has 1 fully saturated rings. The Balaban J connectivity index is 2.37. The van der Waals surface area contributed by atoms with Crippen LogP contribution in [0.15, 0.2) is 0 Å². The summed E-state index contributed by atoms with van der Waals surface area (Å²) in [5.41, 5.74) is 0. The van der Waals surface area contributed by atoms with Crippen LogP contribution in [-0.4, -0.2) is 55.3 Å². The van der Waals surface area contributed by atoms with Gasteiger partial charge in [-0.15, -0.1) is 0 Å². The lowest BCUT2D eigenvalue weighted by molar-refractivity contribution is 0.0531. The number of rotatable bonds is 4. The standard InChI is InChI=1S/C10H20F2N2O/c1-7(15)8-3-9(6-14(2)5-8)13-4-10(11)12/h7-10,13,15H,3-6H2,1-2H3. The fourth-order valence-corrected chi connectivity index (χ4v) is 2.12. The number of hydrogen-bond donors (Lipinski definition) is 2. The molecule has 0 spiro atoms. The molecule has 1 aliphatic rings. The Morgan fingerprint density at radius 1 is 1.47 bits per heavy atom. The van der Waals surface area contributed by atoms with Crippen molar-refractivity contribution in [1.29, 1.82) is 0 Å². The van der Waals surface area contributed by atoms with Crippen LogP contribution in [0.2, 0.25) is 0 Å². The molecule has 0 bridgehead atoms. The molecule has 0 aromatic carbocycles. The van der Waals surface area contributed by atoms with Crippen LogP contribution in [0.1, 0.15) is 13.3 Å². The van der Waals surface area contributed by atoms with Crippen molar-refractivity contribution in [1.82, 2.24) is 10.2 Å². The first-order valence-electron chi connectivity index (χ1n) is 5.37. The third-order valence-electron chi connectivity index (χ3n) is 2.91. The summed E-state index contributed by atoms with van der Waals surface area (Å²) in [5.74, 6) is 0.180. The number of likely N-dealkylation sites (tertiary alicyclic amines) is 1. The number of aliphatic hydroxyl groups excluding tert-OH is 1. The van der Waals surface area contributed by atoms with E-state index in [0.29, 0.717) is 0 Å². The first kappa shape index (κ1) is 12.8. The van der Waals surface area contributed by atoms with Gasteiger partial charge in [0.15, 0.2) is 0 Å². The summed E-state index contributed by atoms with van der Waals surface area (Å²) in [5, 5.41) is 12.3. The van der Waals surface area contributed by atoms with Gasteiger partial charge in [-0.1, -0.05) is 0 Å². The van der Waals surface area contributed by atoms with Crippen molar-refractivity contribution in [3.05, 3.63) is 0 Å². The minimum atomic E-state index is -2.30. The van der Waals surface area contributed by atoms with E-state index in [2.05, 4.69) is 10.2 Å². The van der Waals surface area contributed by atoms with E-state index in [1.165, 1.54) is 0 Å². The Morgan fingerprint density at radius 3 is 2.67 bits per heavy atom. The van der Waals surface area contributed by atoms with Crippen molar-refractivity contribution < 1.29 is 13.9 Å². The molecule has 1 aliphatic heterocycles. The smallest absolute Gasteiger partial charge is 0.250 e. The first-order valence-corrected chi connectivity index (χ1v) is 5.37. The average molecular weight is 222 g/mol. The first-order chi connectivity index (χ1) is 6.99. The van der Waals surface area contributed by atoms with Gasteiger partial charge in [0, 0.05) is 19.1 Å². The molecule has 0 aromatic rings. The van der Waals surface area contributed by atoms with Crippen molar-refractivity contribution in [3.8, 4) is 0 Å². The molecule has 5 heteroatoms. The normalized spacial score (nSPS) is 30.8. The molecule has 0 saturated carbocycles. The van der Waals surface area contributed by atoms with Crippen LogP contribution in [0.4, 0.5) is 8.78 Å². The number of likely N-dealkylation sites (N-methyl/N-ethyl adjacent to an activating group) is 1. The molecule has 15 heavy (non-hydrogen) atoms. The maximum absolute atomic E-state index is 12.0. The minimum absolute atomic E-state index is 0.0670. The molecule has 1 rings (SSSR count). The lowest BCUT2D eigenvalue weighted by Crippen LogP contribution is -2.50. The van der Waals surface area contributed by atoms with Gasteiger partial charge in [-0.05, 0) is 26.3 Å². The van der Waals surface area contributed by atoms with Crippen LogP contribution in [-0.2, 0) is 0 Å². The Bertz CT molecular complexity index is 190. The Hall–Kier alpha value is -0.260. The molecule has 3 atom stereocenters. The van der Waals surface area contributed by atoms with Crippen molar-refractivity contribution in [2.45, 2.75) is 31.9 Å². The summed E-state index contributed by atoms with van der Waals surface area (Å²) in [7, 11) is 1.95. The number of nitrogens with one attached hydrogen (secondary N) is 1. The fourth-order valence-electron chi connectivity index (χ4n) is 2.12. The van der Waals surface area contributed by atoms with Crippen molar-refractivity contribution in [2.75, 3.05) is 26.7 Å². The monoisotopic (exact) mass is 222 g/mol. The van der Waals surface area contributed by atoms with Gasteiger partial charge in [-0.25, -0.2) is 8.78 Å². The molecule has 90 valence electrons. The third kappa shape index (κ3) is 4.40. The number of piperidine rings is 1. The highest BCUT2D eigenvalue weighted by Gasteiger charge is 2.28. The van der Waals surface area contributed by atoms with E-state index in [1.807, 2.05) is 7.05 Å². The predicted octanol–water partition coefficient (Wildman–Crippen LogP) is 0.542. The molecular formula is C10H20F2N2O. The van der Waals surface area contributed by atoms with E-state index in [0.717, 1.165) is 19.5 Å². The Labute approximate surface area is 89.5 Å². The quantitative estimate of drug-likeness (QED) is 0.729. The third-order valence-corrected chi connectivity index (χ3v) is 2.91. The Morgan fingerprint density at radius 2 is 2.13 bits per heavy atom. The van der Waals surface area contributed by atoms with Gasteiger partial charge in [-0.2, -0.15) is 0 Å². The number of alkyl halides is 2. The summed E-state index contributed by atoms with van der Waals surface area (Å²) < 4.78 is 24.0. The van der Waals surface area contributed by atoms with E-state index >= 15 is 0 Å². The number of halogens is 2. The largest absolute Gasteiger partial charge is 0.393 e. The van der Waals surface area contributed by atoms with E-state index < -0.39 is 6.43 Å².